The first-order valence-electron chi connectivity index (χ1n) is 7.79. The zero-order chi connectivity index (χ0) is 15.6. The predicted octanol–water partition coefficient (Wildman–Crippen LogP) is 4.45. The topological polar surface area (TPSA) is 29.0 Å². The summed E-state index contributed by atoms with van der Waals surface area (Å²) in [7, 11) is 0. The van der Waals surface area contributed by atoms with E-state index in [9.17, 15) is 0 Å². The van der Waals surface area contributed by atoms with Gasteiger partial charge in [0, 0.05) is 40.7 Å². The van der Waals surface area contributed by atoms with Crippen molar-refractivity contribution in [3.8, 4) is 0 Å². The lowest BCUT2D eigenvalue weighted by Crippen LogP contribution is -2.21. The van der Waals surface area contributed by atoms with Crippen molar-refractivity contribution in [1.82, 2.24) is 9.36 Å². The third-order valence-corrected chi connectivity index (χ3v) is 5.89. The average Bonchev–Trinajstić information content (AvgIpc) is 3.14. The summed E-state index contributed by atoms with van der Waals surface area (Å²) in [5, 5.41) is 1.09. The standard InChI is InChI=1S/C17H23N3S2/c1-17(2,3)15-18-16(22-19-15)20-10-9-13(11-20)12-21-14-7-5-4-6-8-14/h4-8,13H,9-12H2,1-3H3. The van der Waals surface area contributed by atoms with E-state index in [2.05, 4.69) is 60.4 Å². The molecule has 0 amide bonds. The minimum Gasteiger partial charge on any atom is -0.347 e. The number of thioether (sulfide) groups is 1. The first-order valence-corrected chi connectivity index (χ1v) is 9.55. The van der Waals surface area contributed by atoms with Gasteiger partial charge in [0.1, 0.15) is 5.82 Å². The fraction of sp³-hybridized carbons (Fsp3) is 0.529. The van der Waals surface area contributed by atoms with Gasteiger partial charge in [0.05, 0.1) is 0 Å². The summed E-state index contributed by atoms with van der Waals surface area (Å²) in [6.45, 7) is 8.73. The highest BCUT2D eigenvalue weighted by atomic mass is 32.2. The van der Waals surface area contributed by atoms with Gasteiger partial charge in [0.15, 0.2) is 0 Å². The number of aromatic nitrogens is 2. The summed E-state index contributed by atoms with van der Waals surface area (Å²) >= 11 is 3.51. The molecule has 118 valence electrons. The van der Waals surface area contributed by atoms with Crippen LogP contribution < -0.4 is 4.90 Å². The van der Waals surface area contributed by atoms with Gasteiger partial charge in [-0.15, -0.1) is 11.8 Å². The molecule has 0 bridgehead atoms. The zero-order valence-electron chi connectivity index (χ0n) is 13.5. The zero-order valence-corrected chi connectivity index (χ0v) is 15.1. The molecule has 1 unspecified atom stereocenters. The van der Waals surface area contributed by atoms with Crippen molar-refractivity contribution in [1.29, 1.82) is 0 Å². The maximum absolute atomic E-state index is 4.74. The Morgan fingerprint density at radius 3 is 2.73 bits per heavy atom. The Hall–Kier alpha value is -1.07. The van der Waals surface area contributed by atoms with Crippen molar-refractivity contribution < 1.29 is 0 Å². The van der Waals surface area contributed by atoms with Crippen LogP contribution in [0, 0.1) is 5.92 Å². The third kappa shape index (κ3) is 3.82. The number of hydrogen-bond acceptors (Lipinski definition) is 5. The largest absolute Gasteiger partial charge is 0.347 e. The monoisotopic (exact) mass is 333 g/mol. The van der Waals surface area contributed by atoms with Gasteiger partial charge in [0.2, 0.25) is 5.13 Å². The van der Waals surface area contributed by atoms with Crippen LogP contribution in [-0.4, -0.2) is 28.2 Å². The van der Waals surface area contributed by atoms with E-state index in [4.69, 9.17) is 4.98 Å². The molecule has 1 aromatic carbocycles. The Labute approximate surface area is 141 Å². The molecule has 1 fully saturated rings. The maximum Gasteiger partial charge on any atom is 0.205 e. The van der Waals surface area contributed by atoms with E-state index in [0.29, 0.717) is 0 Å². The van der Waals surface area contributed by atoms with E-state index in [1.807, 2.05) is 11.8 Å². The molecule has 0 spiro atoms. The van der Waals surface area contributed by atoms with Crippen molar-refractivity contribution in [2.24, 2.45) is 5.92 Å². The van der Waals surface area contributed by atoms with Crippen LogP contribution in [0.1, 0.15) is 33.0 Å². The Kier molecular flexibility index (Phi) is 4.73. The first kappa shape index (κ1) is 15.8. The highest BCUT2D eigenvalue weighted by Crippen LogP contribution is 2.31. The molecule has 2 aromatic rings. The van der Waals surface area contributed by atoms with Crippen LogP contribution in [0.15, 0.2) is 35.2 Å². The first-order chi connectivity index (χ1) is 10.5. The van der Waals surface area contributed by atoms with Crippen LogP contribution in [0.5, 0.6) is 0 Å². The molecular formula is C17H23N3S2. The number of benzene rings is 1. The van der Waals surface area contributed by atoms with Crippen LogP contribution in [0.4, 0.5) is 5.13 Å². The normalized spacial score (nSPS) is 18.9. The summed E-state index contributed by atoms with van der Waals surface area (Å²) in [5.41, 5.74) is 0.0387. The van der Waals surface area contributed by atoms with Crippen LogP contribution >= 0.6 is 23.3 Å². The fourth-order valence-electron chi connectivity index (χ4n) is 2.52. The molecule has 1 aliphatic rings. The van der Waals surface area contributed by atoms with Gasteiger partial charge in [-0.2, -0.15) is 4.37 Å². The smallest absolute Gasteiger partial charge is 0.205 e. The Morgan fingerprint density at radius 1 is 1.27 bits per heavy atom. The molecule has 0 saturated carbocycles. The predicted molar refractivity (Wildman–Crippen MR) is 96.1 cm³/mol. The fourth-order valence-corrected chi connectivity index (χ4v) is 4.46. The Balaban J connectivity index is 1.55. The van der Waals surface area contributed by atoms with Gasteiger partial charge in [-0.3, -0.25) is 0 Å². The molecule has 5 heteroatoms. The van der Waals surface area contributed by atoms with E-state index in [0.717, 1.165) is 30.0 Å². The third-order valence-electron chi connectivity index (χ3n) is 3.87. The van der Waals surface area contributed by atoms with Crippen molar-refractivity contribution >= 4 is 28.4 Å². The lowest BCUT2D eigenvalue weighted by atomic mass is 9.96. The van der Waals surface area contributed by atoms with E-state index < -0.39 is 0 Å². The van der Waals surface area contributed by atoms with Gasteiger partial charge in [0.25, 0.3) is 0 Å². The minimum absolute atomic E-state index is 0.0387. The van der Waals surface area contributed by atoms with Crippen LogP contribution in [-0.2, 0) is 5.41 Å². The number of hydrogen-bond donors (Lipinski definition) is 0. The molecule has 3 nitrogen and oxygen atoms in total. The van der Waals surface area contributed by atoms with Gasteiger partial charge >= 0.3 is 0 Å². The maximum atomic E-state index is 4.74. The summed E-state index contributed by atoms with van der Waals surface area (Å²) in [6, 6.07) is 10.7. The molecule has 1 atom stereocenters. The van der Waals surface area contributed by atoms with E-state index >= 15 is 0 Å². The van der Waals surface area contributed by atoms with E-state index in [-0.39, 0.29) is 5.41 Å². The van der Waals surface area contributed by atoms with Gasteiger partial charge in [-0.25, -0.2) is 4.98 Å². The molecule has 0 radical (unpaired) electrons. The lowest BCUT2D eigenvalue weighted by Gasteiger charge is -2.15. The summed E-state index contributed by atoms with van der Waals surface area (Å²) in [4.78, 5) is 8.52. The molecule has 1 aliphatic heterocycles. The highest BCUT2D eigenvalue weighted by molar-refractivity contribution is 7.99. The molecular weight excluding hydrogens is 310 g/mol. The molecule has 1 aromatic heterocycles. The average molecular weight is 334 g/mol. The SMILES string of the molecule is CC(C)(C)c1nsc(N2CCC(CSc3ccccc3)C2)n1. The van der Waals surface area contributed by atoms with Gasteiger partial charge < -0.3 is 4.90 Å². The van der Waals surface area contributed by atoms with Crippen molar-refractivity contribution in [3.05, 3.63) is 36.2 Å². The second-order valence-corrected chi connectivity index (χ2v) is 8.70. The quantitative estimate of drug-likeness (QED) is 0.773. The minimum atomic E-state index is 0.0387. The molecule has 2 heterocycles. The molecule has 22 heavy (non-hydrogen) atoms. The van der Waals surface area contributed by atoms with Gasteiger partial charge in [-0.05, 0) is 24.5 Å². The van der Waals surface area contributed by atoms with E-state index in [1.54, 1.807) is 11.5 Å². The second kappa shape index (κ2) is 6.59. The van der Waals surface area contributed by atoms with Crippen molar-refractivity contribution in [2.45, 2.75) is 37.5 Å². The number of rotatable bonds is 4. The van der Waals surface area contributed by atoms with Crippen molar-refractivity contribution in [2.75, 3.05) is 23.7 Å². The van der Waals surface area contributed by atoms with Crippen LogP contribution in [0.25, 0.3) is 0 Å². The number of nitrogens with zero attached hydrogens (tertiary/aromatic N) is 3. The summed E-state index contributed by atoms with van der Waals surface area (Å²) < 4.78 is 4.53. The highest BCUT2D eigenvalue weighted by Gasteiger charge is 2.27. The Morgan fingerprint density at radius 2 is 2.05 bits per heavy atom. The molecule has 1 saturated heterocycles. The van der Waals surface area contributed by atoms with Crippen LogP contribution in [0.2, 0.25) is 0 Å². The Bertz CT molecular complexity index is 604. The van der Waals surface area contributed by atoms with Gasteiger partial charge in [-0.1, -0.05) is 39.0 Å². The lowest BCUT2D eigenvalue weighted by molar-refractivity contribution is 0.554. The summed E-state index contributed by atoms with van der Waals surface area (Å²) in [5.74, 6) is 2.90. The van der Waals surface area contributed by atoms with Crippen molar-refractivity contribution in [3.63, 3.8) is 0 Å². The van der Waals surface area contributed by atoms with Crippen LogP contribution in [0.3, 0.4) is 0 Å². The number of anilines is 1. The molecule has 3 rings (SSSR count). The summed E-state index contributed by atoms with van der Waals surface area (Å²) in [6.07, 6.45) is 1.25. The molecule has 0 aliphatic carbocycles. The molecule has 0 N–H and O–H groups in total. The second-order valence-electron chi connectivity index (χ2n) is 6.88. The van der Waals surface area contributed by atoms with E-state index in [1.165, 1.54) is 17.1 Å².